The molecule has 2 aromatic carbocycles. The van der Waals surface area contributed by atoms with E-state index in [0.717, 1.165) is 11.3 Å². The lowest BCUT2D eigenvalue weighted by Crippen LogP contribution is -2.18. The summed E-state index contributed by atoms with van der Waals surface area (Å²) in [5, 5.41) is 4.90. The summed E-state index contributed by atoms with van der Waals surface area (Å²) in [6.07, 6.45) is 4.98. The van der Waals surface area contributed by atoms with Gasteiger partial charge in [-0.05, 0) is 41.8 Å². The number of carbonyl (C=O) groups is 1. The molecule has 0 radical (unpaired) electrons. The first kappa shape index (κ1) is 26.7. The van der Waals surface area contributed by atoms with Gasteiger partial charge in [0, 0.05) is 17.1 Å². The number of imidazole rings is 1. The standard InChI is InChI=1S/C27H23F3N4O3S2/c1-27(2,3)14-36-22-15(5-4-6-19(22)37-24(29)30)7-9-18-21(34-11-12-38-26(34)32-18)23(35)33-25-31-17-10-8-16(28)13-20(17)39-25/h4-13,24H,14H2,1-3H3,(H,31,33,35)/b9-7+. The number of amides is 1. The van der Waals surface area contributed by atoms with E-state index in [2.05, 4.69) is 15.3 Å². The summed E-state index contributed by atoms with van der Waals surface area (Å²) >= 11 is 2.51. The number of hydrogen-bond donors (Lipinski definition) is 1. The third-order valence-corrected chi connectivity index (χ3v) is 7.06. The van der Waals surface area contributed by atoms with Gasteiger partial charge in [-0.15, -0.1) is 11.3 Å². The van der Waals surface area contributed by atoms with E-state index in [4.69, 9.17) is 9.47 Å². The van der Waals surface area contributed by atoms with Crippen molar-refractivity contribution >= 4 is 61.0 Å². The van der Waals surface area contributed by atoms with E-state index in [-0.39, 0.29) is 35.0 Å². The Labute approximate surface area is 229 Å². The summed E-state index contributed by atoms with van der Waals surface area (Å²) in [4.78, 5) is 22.9. The van der Waals surface area contributed by atoms with Crippen LogP contribution < -0.4 is 14.8 Å². The molecular formula is C27H23F3N4O3S2. The van der Waals surface area contributed by atoms with Crippen LogP contribution in [0.25, 0.3) is 27.3 Å². The monoisotopic (exact) mass is 572 g/mol. The summed E-state index contributed by atoms with van der Waals surface area (Å²) < 4.78 is 52.6. The average molecular weight is 573 g/mol. The second-order valence-corrected chi connectivity index (χ2v) is 11.6. The topological polar surface area (TPSA) is 77.8 Å². The Bertz CT molecular complexity index is 1680. The molecule has 0 saturated heterocycles. The van der Waals surface area contributed by atoms with Gasteiger partial charge in [0.1, 0.15) is 11.5 Å². The van der Waals surface area contributed by atoms with Gasteiger partial charge in [0.15, 0.2) is 21.6 Å². The van der Waals surface area contributed by atoms with Gasteiger partial charge in [0.25, 0.3) is 5.91 Å². The summed E-state index contributed by atoms with van der Waals surface area (Å²) in [5.41, 5.74) is 1.43. The van der Waals surface area contributed by atoms with Crippen molar-refractivity contribution in [2.75, 3.05) is 11.9 Å². The molecule has 0 aliphatic heterocycles. The number of nitrogens with zero attached hydrogens (tertiary/aromatic N) is 3. The number of ether oxygens (including phenoxy) is 2. The van der Waals surface area contributed by atoms with Gasteiger partial charge in [-0.25, -0.2) is 14.4 Å². The number of benzene rings is 2. The molecular weight excluding hydrogens is 549 g/mol. The maximum absolute atomic E-state index is 13.6. The summed E-state index contributed by atoms with van der Waals surface area (Å²) in [6, 6.07) is 8.91. The van der Waals surface area contributed by atoms with Gasteiger partial charge < -0.3 is 9.47 Å². The molecule has 5 aromatic rings. The highest BCUT2D eigenvalue weighted by atomic mass is 32.1. The number of nitrogens with one attached hydrogen (secondary N) is 1. The van der Waals surface area contributed by atoms with Gasteiger partial charge in [-0.1, -0.05) is 44.2 Å². The summed E-state index contributed by atoms with van der Waals surface area (Å²) in [6.45, 7) is 3.13. The van der Waals surface area contributed by atoms with Crippen LogP contribution in [0.3, 0.4) is 0 Å². The van der Waals surface area contributed by atoms with Crippen LogP contribution in [-0.2, 0) is 0 Å². The van der Waals surface area contributed by atoms with Crippen molar-refractivity contribution < 1.29 is 27.4 Å². The zero-order valence-electron chi connectivity index (χ0n) is 21.1. The molecule has 7 nitrogen and oxygen atoms in total. The predicted octanol–water partition coefficient (Wildman–Crippen LogP) is 7.59. The number of rotatable bonds is 8. The molecule has 39 heavy (non-hydrogen) atoms. The van der Waals surface area contributed by atoms with Gasteiger partial charge in [-0.2, -0.15) is 8.78 Å². The molecule has 0 atom stereocenters. The highest BCUT2D eigenvalue weighted by Gasteiger charge is 2.21. The molecule has 0 fully saturated rings. The van der Waals surface area contributed by atoms with Crippen LogP contribution in [0, 0.1) is 11.2 Å². The molecule has 1 N–H and O–H groups in total. The Kier molecular flexibility index (Phi) is 7.32. The Morgan fingerprint density at radius 3 is 2.77 bits per heavy atom. The molecule has 0 saturated carbocycles. The van der Waals surface area contributed by atoms with Crippen LogP contribution >= 0.6 is 22.7 Å². The first-order valence-electron chi connectivity index (χ1n) is 11.8. The van der Waals surface area contributed by atoms with Crippen LogP contribution in [0.2, 0.25) is 0 Å². The van der Waals surface area contributed by atoms with E-state index in [1.807, 2.05) is 20.8 Å². The smallest absolute Gasteiger partial charge is 0.387 e. The molecule has 0 spiro atoms. The van der Waals surface area contributed by atoms with E-state index in [0.29, 0.717) is 31.6 Å². The average Bonchev–Trinajstić information content (AvgIpc) is 3.54. The second kappa shape index (κ2) is 10.7. The SMILES string of the molecule is CC(C)(C)COc1c(/C=C/c2nc3sccn3c2C(=O)Nc2nc3ccc(F)cc3s2)cccc1OC(F)F. The molecule has 202 valence electrons. The van der Waals surface area contributed by atoms with Crippen molar-refractivity contribution in [3.8, 4) is 11.5 Å². The Balaban J connectivity index is 1.48. The number of para-hydroxylation sites is 1. The fourth-order valence-corrected chi connectivity index (χ4v) is 5.32. The number of alkyl halides is 2. The number of hydrogen-bond acceptors (Lipinski definition) is 7. The molecule has 12 heteroatoms. The molecule has 3 aromatic heterocycles. The van der Waals surface area contributed by atoms with Gasteiger partial charge in [-0.3, -0.25) is 14.5 Å². The van der Waals surface area contributed by atoms with E-state index >= 15 is 0 Å². The van der Waals surface area contributed by atoms with Crippen LogP contribution in [0.5, 0.6) is 11.5 Å². The van der Waals surface area contributed by atoms with Crippen molar-refractivity contribution in [1.82, 2.24) is 14.4 Å². The first-order valence-corrected chi connectivity index (χ1v) is 13.5. The molecule has 0 aliphatic rings. The largest absolute Gasteiger partial charge is 0.489 e. The maximum Gasteiger partial charge on any atom is 0.387 e. The molecule has 5 rings (SSSR count). The van der Waals surface area contributed by atoms with Crippen molar-refractivity contribution in [3.63, 3.8) is 0 Å². The Morgan fingerprint density at radius 1 is 1.18 bits per heavy atom. The number of anilines is 1. The minimum atomic E-state index is -3.02. The van der Waals surface area contributed by atoms with Crippen LogP contribution in [0.1, 0.15) is 42.5 Å². The van der Waals surface area contributed by atoms with E-state index in [1.165, 1.54) is 29.5 Å². The molecule has 0 bridgehead atoms. The number of thiazole rings is 2. The highest BCUT2D eigenvalue weighted by molar-refractivity contribution is 7.22. The van der Waals surface area contributed by atoms with E-state index in [9.17, 15) is 18.0 Å². The second-order valence-electron chi connectivity index (χ2n) is 9.72. The lowest BCUT2D eigenvalue weighted by Gasteiger charge is -2.21. The number of carbonyl (C=O) groups excluding carboxylic acids is 1. The fraction of sp³-hybridized carbons (Fsp3) is 0.222. The van der Waals surface area contributed by atoms with Crippen LogP contribution in [0.15, 0.2) is 48.0 Å². The third-order valence-electron chi connectivity index (χ3n) is 5.37. The molecule has 0 unspecified atom stereocenters. The lowest BCUT2D eigenvalue weighted by molar-refractivity contribution is -0.0517. The highest BCUT2D eigenvalue weighted by Crippen LogP contribution is 2.35. The van der Waals surface area contributed by atoms with Crippen molar-refractivity contribution in [3.05, 3.63) is 70.7 Å². The van der Waals surface area contributed by atoms with Crippen molar-refractivity contribution in [1.29, 1.82) is 0 Å². The van der Waals surface area contributed by atoms with Gasteiger partial charge in [0.2, 0.25) is 0 Å². The number of aromatic nitrogens is 3. The van der Waals surface area contributed by atoms with E-state index in [1.54, 1.807) is 46.3 Å². The summed E-state index contributed by atoms with van der Waals surface area (Å²) in [5.74, 6) is -0.773. The molecule has 0 aliphatic carbocycles. The first-order chi connectivity index (χ1) is 18.6. The normalized spacial score (nSPS) is 12.2. The van der Waals surface area contributed by atoms with Gasteiger partial charge in [0.05, 0.1) is 22.5 Å². The third kappa shape index (κ3) is 6.07. The van der Waals surface area contributed by atoms with Crippen molar-refractivity contribution in [2.45, 2.75) is 27.4 Å². The number of fused-ring (bicyclic) bond motifs is 2. The molecule has 3 heterocycles. The predicted molar refractivity (Wildman–Crippen MR) is 148 cm³/mol. The van der Waals surface area contributed by atoms with E-state index < -0.39 is 12.5 Å². The van der Waals surface area contributed by atoms with Crippen molar-refractivity contribution in [2.24, 2.45) is 5.41 Å². The Hall–Kier alpha value is -3.90. The van der Waals surface area contributed by atoms with Crippen LogP contribution in [-0.4, -0.2) is 33.5 Å². The number of halogens is 3. The fourth-order valence-electron chi connectivity index (χ4n) is 3.72. The Morgan fingerprint density at radius 2 is 2.00 bits per heavy atom. The summed E-state index contributed by atoms with van der Waals surface area (Å²) in [7, 11) is 0. The lowest BCUT2D eigenvalue weighted by atomic mass is 9.98. The maximum atomic E-state index is 13.6. The quantitative estimate of drug-likeness (QED) is 0.207. The van der Waals surface area contributed by atoms with Gasteiger partial charge >= 0.3 is 6.61 Å². The minimum absolute atomic E-state index is 0.0903. The zero-order valence-corrected chi connectivity index (χ0v) is 22.7. The molecule has 1 amide bonds. The zero-order chi connectivity index (χ0) is 27.7. The minimum Gasteiger partial charge on any atom is -0.489 e. The van der Waals surface area contributed by atoms with Crippen LogP contribution in [0.4, 0.5) is 18.3 Å².